The Kier molecular flexibility index (Phi) is 3.39. The summed E-state index contributed by atoms with van der Waals surface area (Å²) < 4.78 is 10.4. The molecule has 0 saturated carbocycles. The standard InChI is InChI=1S/C12H14O3S/c1-14-10-6-8-9(13)4-3-5-16-12(8)7-11(10)15-2/h6-7H,3-5H2,1-2H3. The molecule has 16 heavy (non-hydrogen) atoms. The van der Waals surface area contributed by atoms with Crippen LogP contribution in [-0.2, 0) is 0 Å². The lowest BCUT2D eigenvalue weighted by Gasteiger charge is -2.11. The molecule has 0 bridgehead atoms. The first-order valence-electron chi connectivity index (χ1n) is 5.18. The lowest BCUT2D eigenvalue weighted by Crippen LogP contribution is -2.00. The first-order valence-corrected chi connectivity index (χ1v) is 6.17. The minimum absolute atomic E-state index is 0.195. The van der Waals surface area contributed by atoms with Crippen molar-refractivity contribution in [3.8, 4) is 11.5 Å². The van der Waals surface area contributed by atoms with Crippen LogP contribution < -0.4 is 9.47 Å². The van der Waals surface area contributed by atoms with Crippen LogP contribution in [-0.4, -0.2) is 25.8 Å². The zero-order valence-corrected chi connectivity index (χ0v) is 10.2. The van der Waals surface area contributed by atoms with Crippen LogP contribution in [0.5, 0.6) is 11.5 Å². The van der Waals surface area contributed by atoms with Crippen LogP contribution in [0.2, 0.25) is 0 Å². The molecule has 0 aliphatic carbocycles. The summed E-state index contributed by atoms with van der Waals surface area (Å²) in [6.07, 6.45) is 1.55. The Bertz CT molecular complexity index is 415. The number of carbonyl (C=O) groups excluding carboxylic acids is 1. The highest BCUT2D eigenvalue weighted by molar-refractivity contribution is 7.99. The number of fused-ring (bicyclic) bond motifs is 1. The Balaban J connectivity index is 2.51. The fourth-order valence-corrected chi connectivity index (χ4v) is 2.77. The highest BCUT2D eigenvalue weighted by atomic mass is 32.2. The fraction of sp³-hybridized carbons (Fsp3) is 0.417. The van der Waals surface area contributed by atoms with Gasteiger partial charge in [0.1, 0.15) is 0 Å². The van der Waals surface area contributed by atoms with Gasteiger partial charge in [-0.25, -0.2) is 0 Å². The molecule has 2 rings (SSSR count). The summed E-state index contributed by atoms with van der Waals surface area (Å²) in [6.45, 7) is 0. The van der Waals surface area contributed by atoms with Crippen molar-refractivity contribution in [2.75, 3.05) is 20.0 Å². The van der Waals surface area contributed by atoms with Gasteiger partial charge >= 0.3 is 0 Å². The van der Waals surface area contributed by atoms with E-state index in [1.54, 1.807) is 32.0 Å². The molecule has 0 spiro atoms. The van der Waals surface area contributed by atoms with E-state index in [-0.39, 0.29) is 5.78 Å². The molecule has 0 atom stereocenters. The second-order valence-corrected chi connectivity index (χ2v) is 4.72. The number of ketones is 1. The van der Waals surface area contributed by atoms with Crippen molar-refractivity contribution in [2.24, 2.45) is 0 Å². The van der Waals surface area contributed by atoms with Crippen molar-refractivity contribution in [3.05, 3.63) is 17.7 Å². The van der Waals surface area contributed by atoms with Crippen LogP contribution >= 0.6 is 11.8 Å². The maximum atomic E-state index is 11.9. The normalized spacial score (nSPS) is 15.2. The molecule has 1 aromatic carbocycles. The zero-order chi connectivity index (χ0) is 11.5. The van der Waals surface area contributed by atoms with Gasteiger partial charge in [-0.3, -0.25) is 4.79 Å². The van der Waals surface area contributed by atoms with Crippen LogP contribution in [0.25, 0.3) is 0 Å². The van der Waals surface area contributed by atoms with Crippen LogP contribution in [0.4, 0.5) is 0 Å². The first-order chi connectivity index (χ1) is 7.76. The third-order valence-corrected chi connectivity index (χ3v) is 3.73. The minimum Gasteiger partial charge on any atom is -0.493 e. The average molecular weight is 238 g/mol. The van der Waals surface area contributed by atoms with E-state index in [2.05, 4.69) is 0 Å². The van der Waals surface area contributed by atoms with E-state index in [0.29, 0.717) is 17.9 Å². The second-order valence-electron chi connectivity index (χ2n) is 3.58. The molecule has 86 valence electrons. The predicted octanol–water partition coefficient (Wildman–Crippen LogP) is 2.77. The van der Waals surface area contributed by atoms with E-state index in [1.165, 1.54) is 0 Å². The summed E-state index contributed by atoms with van der Waals surface area (Å²) in [4.78, 5) is 12.9. The van der Waals surface area contributed by atoms with Gasteiger partial charge in [-0.15, -0.1) is 11.8 Å². The molecule has 0 fully saturated rings. The Labute approximate surface area is 99.1 Å². The van der Waals surface area contributed by atoms with Gasteiger partial charge in [0.05, 0.1) is 14.2 Å². The molecule has 1 aliphatic heterocycles. The molecule has 0 saturated heterocycles. The Morgan fingerprint density at radius 1 is 1.19 bits per heavy atom. The Hall–Kier alpha value is -1.16. The lowest BCUT2D eigenvalue weighted by molar-refractivity contribution is 0.0980. The summed E-state index contributed by atoms with van der Waals surface area (Å²) in [5.74, 6) is 2.48. The molecular weight excluding hydrogens is 224 g/mol. The van der Waals surface area contributed by atoms with Crippen molar-refractivity contribution in [2.45, 2.75) is 17.7 Å². The smallest absolute Gasteiger partial charge is 0.164 e. The minimum atomic E-state index is 0.195. The summed E-state index contributed by atoms with van der Waals surface area (Å²) in [6, 6.07) is 3.68. The molecule has 0 amide bonds. The van der Waals surface area contributed by atoms with Crippen molar-refractivity contribution >= 4 is 17.5 Å². The maximum absolute atomic E-state index is 11.9. The SMILES string of the molecule is COc1cc2c(cc1OC)C(=O)CCCS2. The summed E-state index contributed by atoms with van der Waals surface area (Å²) >= 11 is 1.71. The highest BCUT2D eigenvalue weighted by Crippen LogP contribution is 2.37. The van der Waals surface area contributed by atoms with Crippen LogP contribution in [0.1, 0.15) is 23.2 Å². The summed E-state index contributed by atoms with van der Waals surface area (Å²) in [5.41, 5.74) is 0.764. The van der Waals surface area contributed by atoms with E-state index in [0.717, 1.165) is 22.6 Å². The topological polar surface area (TPSA) is 35.5 Å². The van der Waals surface area contributed by atoms with E-state index in [4.69, 9.17) is 9.47 Å². The van der Waals surface area contributed by atoms with Gasteiger partial charge in [-0.1, -0.05) is 0 Å². The van der Waals surface area contributed by atoms with Gasteiger partial charge in [0.15, 0.2) is 17.3 Å². The second kappa shape index (κ2) is 4.78. The quantitative estimate of drug-likeness (QED) is 0.793. The Morgan fingerprint density at radius 2 is 1.88 bits per heavy atom. The van der Waals surface area contributed by atoms with Gasteiger partial charge < -0.3 is 9.47 Å². The van der Waals surface area contributed by atoms with E-state index >= 15 is 0 Å². The van der Waals surface area contributed by atoms with Gasteiger partial charge in [-0.2, -0.15) is 0 Å². The number of thioether (sulfide) groups is 1. The van der Waals surface area contributed by atoms with E-state index in [1.807, 2.05) is 6.07 Å². The molecule has 0 radical (unpaired) electrons. The van der Waals surface area contributed by atoms with Gasteiger partial charge in [-0.05, 0) is 24.3 Å². The molecule has 4 heteroatoms. The van der Waals surface area contributed by atoms with Crippen molar-refractivity contribution < 1.29 is 14.3 Å². The van der Waals surface area contributed by atoms with E-state index in [9.17, 15) is 4.79 Å². The van der Waals surface area contributed by atoms with Gasteiger partial charge in [0, 0.05) is 16.9 Å². The number of hydrogen-bond acceptors (Lipinski definition) is 4. The number of Topliss-reactive ketones (excluding diaryl/α,β-unsaturated/α-hetero) is 1. The van der Waals surface area contributed by atoms with Crippen LogP contribution in [0.3, 0.4) is 0 Å². The van der Waals surface area contributed by atoms with Crippen molar-refractivity contribution in [1.82, 2.24) is 0 Å². The molecule has 0 unspecified atom stereocenters. The molecule has 1 aromatic rings. The number of carbonyl (C=O) groups is 1. The number of rotatable bonds is 2. The first kappa shape index (κ1) is 11.3. The Morgan fingerprint density at radius 3 is 2.56 bits per heavy atom. The summed E-state index contributed by atoms with van der Waals surface area (Å²) in [7, 11) is 3.19. The largest absolute Gasteiger partial charge is 0.493 e. The molecule has 1 aliphatic rings. The molecule has 0 N–H and O–H groups in total. The number of ether oxygens (including phenoxy) is 2. The number of hydrogen-bond donors (Lipinski definition) is 0. The zero-order valence-electron chi connectivity index (χ0n) is 9.41. The van der Waals surface area contributed by atoms with Crippen molar-refractivity contribution in [1.29, 1.82) is 0 Å². The van der Waals surface area contributed by atoms with Gasteiger partial charge in [0.25, 0.3) is 0 Å². The third kappa shape index (κ3) is 2.02. The average Bonchev–Trinajstić information content (AvgIpc) is 2.49. The highest BCUT2D eigenvalue weighted by Gasteiger charge is 2.19. The molecule has 3 nitrogen and oxygen atoms in total. The lowest BCUT2D eigenvalue weighted by atomic mass is 10.1. The molecule has 1 heterocycles. The fourth-order valence-electron chi connectivity index (χ4n) is 1.75. The van der Waals surface area contributed by atoms with Crippen LogP contribution in [0, 0.1) is 0 Å². The number of benzene rings is 1. The van der Waals surface area contributed by atoms with Crippen molar-refractivity contribution in [3.63, 3.8) is 0 Å². The summed E-state index contributed by atoms with van der Waals surface area (Å²) in [5, 5.41) is 0. The maximum Gasteiger partial charge on any atom is 0.164 e. The molecular formula is C12H14O3S. The number of methoxy groups -OCH3 is 2. The third-order valence-electron chi connectivity index (χ3n) is 2.59. The predicted molar refractivity (Wildman–Crippen MR) is 63.8 cm³/mol. The van der Waals surface area contributed by atoms with Crippen LogP contribution in [0.15, 0.2) is 17.0 Å². The van der Waals surface area contributed by atoms with Gasteiger partial charge in [0.2, 0.25) is 0 Å². The molecule has 0 aromatic heterocycles. The van der Waals surface area contributed by atoms with E-state index < -0.39 is 0 Å². The monoisotopic (exact) mass is 238 g/mol.